The van der Waals surface area contributed by atoms with Gasteiger partial charge >= 0.3 is 0 Å². The van der Waals surface area contributed by atoms with Crippen LogP contribution >= 0.6 is 0 Å². The predicted octanol–water partition coefficient (Wildman–Crippen LogP) is 4.76. The molecule has 4 nitrogen and oxygen atoms in total. The standard InChI is InChI=1S/C24H36N2O2/c25-23(21-13-7-5-8-14-21)19-27-17-11-3-1-2-4-12-18-28-20-24(26)22-15-9-6-10-16-22/h5-10,13-16,23-24H,1-4,11-12,17-20,25-26H2. The average molecular weight is 385 g/mol. The van der Waals surface area contributed by atoms with E-state index in [1.165, 1.54) is 25.7 Å². The molecule has 2 aromatic rings. The molecule has 2 atom stereocenters. The van der Waals surface area contributed by atoms with Crippen LogP contribution in [-0.4, -0.2) is 26.4 Å². The van der Waals surface area contributed by atoms with Gasteiger partial charge in [-0.25, -0.2) is 0 Å². The van der Waals surface area contributed by atoms with Crippen LogP contribution in [-0.2, 0) is 9.47 Å². The largest absolute Gasteiger partial charge is 0.379 e. The van der Waals surface area contributed by atoms with Crippen molar-refractivity contribution in [1.29, 1.82) is 0 Å². The van der Waals surface area contributed by atoms with E-state index in [1.54, 1.807) is 0 Å². The van der Waals surface area contributed by atoms with Gasteiger partial charge in [-0.05, 0) is 24.0 Å². The van der Waals surface area contributed by atoms with Crippen molar-refractivity contribution in [2.75, 3.05) is 26.4 Å². The number of rotatable bonds is 15. The number of nitrogens with two attached hydrogens (primary N) is 2. The van der Waals surface area contributed by atoms with Crippen LogP contribution in [0.2, 0.25) is 0 Å². The lowest BCUT2D eigenvalue weighted by molar-refractivity contribution is 0.114. The third kappa shape index (κ3) is 9.47. The van der Waals surface area contributed by atoms with Crippen molar-refractivity contribution < 1.29 is 9.47 Å². The molecule has 2 unspecified atom stereocenters. The van der Waals surface area contributed by atoms with Crippen LogP contribution in [0.4, 0.5) is 0 Å². The molecule has 154 valence electrons. The molecule has 4 N–H and O–H groups in total. The van der Waals surface area contributed by atoms with Crippen LogP contribution in [0.15, 0.2) is 60.7 Å². The zero-order chi connectivity index (χ0) is 19.9. The van der Waals surface area contributed by atoms with E-state index in [2.05, 4.69) is 0 Å². The highest BCUT2D eigenvalue weighted by Gasteiger charge is 2.05. The Morgan fingerprint density at radius 1 is 0.536 bits per heavy atom. The first kappa shape index (κ1) is 22.6. The third-order valence-electron chi connectivity index (χ3n) is 4.88. The van der Waals surface area contributed by atoms with Crippen LogP contribution in [0, 0.1) is 0 Å². The van der Waals surface area contributed by atoms with E-state index in [4.69, 9.17) is 20.9 Å². The number of hydrogen-bond acceptors (Lipinski definition) is 4. The molecule has 28 heavy (non-hydrogen) atoms. The fourth-order valence-corrected chi connectivity index (χ4v) is 3.13. The number of unbranched alkanes of at least 4 members (excludes halogenated alkanes) is 5. The van der Waals surface area contributed by atoms with Gasteiger partial charge in [0.1, 0.15) is 0 Å². The smallest absolute Gasteiger partial charge is 0.0659 e. The van der Waals surface area contributed by atoms with Gasteiger partial charge in [0.15, 0.2) is 0 Å². The summed E-state index contributed by atoms with van der Waals surface area (Å²) in [6, 6.07) is 20.2. The van der Waals surface area contributed by atoms with E-state index < -0.39 is 0 Å². The Morgan fingerprint density at radius 3 is 1.29 bits per heavy atom. The molecule has 0 bridgehead atoms. The summed E-state index contributed by atoms with van der Waals surface area (Å²) in [4.78, 5) is 0. The monoisotopic (exact) mass is 384 g/mol. The van der Waals surface area contributed by atoms with E-state index in [1.807, 2.05) is 60.7 Å². The molecule has 0 aliphatic rings. The van der Waals surface area contributed by atoms with Gasteiger partial charge in [-0.3, -0.25) is 0 Å². The molecule has 0 aliphatic carbocycles. The van der Waals surface area contributed by atoms with E-state index in [-0.39, 0.29) is 12.1 Å². The van der Waals surface area contributed by atoms with Gasteiger partial charge in [-0.1, -0.05) is 86.3 Å². The predicted molar refractivity (Wildman–Crippen MR) is 116 cm³/mol. The van der Waals surface area contributed by atoms with Gasteiger partial charge in [-0.2, -0.15) is 0 Å². The molecule has 0 amide bonds. The number of benzene rings is 2. The van der Waals surface area contributed by atoms with Gasteiger partial charge in [0, 0.05) is 13.2 Å². The molecule has 0 radical (unpaired) electrons. The second-order valence-corrected chi connectivity index (χ2v) is 7.31. The van der Waals surface area contributed by atoms with Crippen molar-refractivity contribution in [2.24, 2.45) is 11.5 Å². The van der Waals surface area contributed by atoms with Crippen molar-refractivity contribution in [3.8, 4) is 0 Å². The van der Waals surface area contributed by atoms with Gasteiger partial charge in [0.2, 0.25) is 0 Å². The summed E-state index contributed by atoms with van der Waals surface area (Å²) in [5.41, 5.74) is 14.5. The Balaban J connectivity index is 1.35. The van der Waals surface area contributed by atoms with E-state index in [0.717, 1.165) is 37.2 Å². The van der Waals surface area contributed by atoms with E-state index in [9.17, 15) is 0 Å². The Morgan fingerprint density at radius 2 is 0.893 bits per heavy atom. The topological polar surface area (TPSA) is 70.5 Å². The number of ether oxygens (including phenoxy) is 2. The summed E-state index contributed by atoms with van der Waals surface area (Å²) >= 11 is 0. The lowest BCUT2D eigenvalue weighted by Crippen LogP contribution is -2.17. The Kier molecular flexibility index (Phi) is 11.5. The summed E-state index contributed by atoms with van der Waals surface area (Å²) in [5.74, 6) is 0. The second kappa shape index (κ2) is 14.3. The summed E-state index contributed by atoms with van der Waals surface area (Å²) in [5, 5.41) is 0. The van der Waals surface area contributed by atoms with Crippen LogP contribution in [0.1, 0.15) is 61.7 Å². The lowest BCUT2D eigenvalue weighted by atomic mass is 10.1. The van der Waals surface area contributed by atoms with Gasteiger partial charge in [-0.15, -0.1) is 0 Å². The molecule has 0 aliphatic heterocycles. The molecule has 0 saturated heterocycles. The van der Waals surface area contributed by atoms with Gasteiger partial charge in [0.05, 0.1) is 25.3 Å². The van der Waals surface area contributed by atoms with Crippen LogP contribution in [0.3, 0.4) is 0 Å². The second-order valence-electron chi connectivity index (χ2n) is 7.31. The quantitative estimate of drug-likeness (QED) is 0.434. The molecule has 0 heterocycles. The average Bonchev–Trinajstić information content (AvgIpc) is 2.75. The van der Waals surface area contributed by atoms with Crippen molar-refractivity contribution in [3.05, 3.63) is 71.8 Å². The maximum absolute atomic E-state index is 6.12. The van der Waals surface area contributed by atoms with Crippen LogP contribution < -0.4 is 11.5 Å². The number of hydrogen-bond donors (Lipinski definition) is 2. The van der Waals surface area contributed by atoms with E-state index >= 15 is 0 Å². The minimum absolute atomic E-state index is 0.0313. The van der Waals surface area contributed by atoms with Crippen LogP contribution in [0.25, 0.3) is 0 Å². The normalized spacial score (nSPS) is 13.4. The first-order valence-corrected chi connectivity index (χ1v) is 10.5. The Labute approximate surface area is 170 Å². The summed E-state index contributed by atoms with van der Waals surface area (Å²) < 4.78 is 11.4. The fourth-order valence-electron chi connectivity index (χ4n) is 3.13. The molecule has 0 spiro atoms. The molecule has 4 heteroatoms. The minimum Gasteiger partial charge on any atom is -0.379 e. The van der Waals surface area contributed by atoms with Crippen LogP contribution in [0.5, 0.6) is 0 Å². The lowest BCUT2D eigenvalue weighted by Gasteiger charge is -2.12. The highest BCUT2D eigenvalue weighted by molar-refractivity contribution is 5.19. The van der Waals surface area contributed by atoms with Gasteiger partial charge < -0.3 is 20.9 Å². The molecule has 0 saturated carbocycles. The fraction of sp³-hybridized carbons (Fsp3) is 0.500. The molecule has 2 rings (SSSR count). The summed E-state index contributed by atoms with van der Waals surface area (Å²) in [7, 11) is 0. The maximum atomic E-state index is 6.12. The molecular weight excluding hydrogens is 348 g/mol. The zero-order valence-electron chi connectivity index (χ0n) is 17.0. The Hall–Kier alpha value is -1.72. The molecule has 2 aromatic carbocycles. The highest BCUT2D eigenvalue weighted by atomic mass is 16.5. The zero-order valence-corrected chi connectivity index (χ0v) is 17.0. The summed E-state index contributed by atoms with van der Waals surface area (Å²) in [6.45, 7) is 2.76. The highest BCUT2D eigenvalue weighted by Crippen LogP contribution is 2.12. The van der Waals surface area contributed by atoms with Crippen molar-refractivity contribution in [3.63, 3.8) is 0 Å². The molecule has 0 fully saturated rings. The maximum Gasteiger partial charge on any atom is 0.0659 e. The minimum atomic E-state index is -0.0313. The van der Waals surface area contributed by atoms with E-state index in [0.29, 0.717) is 13.2 Å². The molecular formula is C24H36N2O2. The third-order valence-corrected chi connectivity index (χ3v) is 4.88. The first-order valence-electron chi connectivity index (χ1n) is 10.5. The first-order chi connectivity index (χ1) is 13.8. The van der Waals surface area contributed by atoms with Crippen molar-refractivity contribution >= 4 is 0 Å². The summed E-state index contributed by atoms with van der Waals surface area (Å²) in [6.07, 6.45) is 7.11. The SMILES string of the molecule is NC(COCCCCCCCCOCC(N)c1ccccc1)c1ccccc1. The van der Waals surface area contributed by atoms with Crippen molar-refractivity contribution in [2.45, 2.75) is 50.6 Å². The van der Waals surface area contributed by atoms with Gasteiger partial charge in [0.25, 0.3) is 0 Å². The Bertz CT molecular complexity index is 551. The van der Waals surface area contributed by atoms with Crippen molar-refractivity contribution in [1.82, 2.24) is 0 Å². The molecule has 0 aromatic heterocycles.